The first kappa shape index (κ1) is 22.7. The van der Waals surface area contributed by atoms with Gasteiger partial charge in [-0.1, -0.05) is 42.5 Å². The second kappa shape index (κ2) is 12.0. The number of hydrogen-bond donors (Lipinski definition) is 2. The quantitative estimate of drug-likeness (QED) is 0.426. The van der Waals surface area contributed by atoms with Crippen LogP contribution < -0.4 is 4.74 Å². The molecule has 2 atom stereocenters. The molecule has 6 heteroatoms. The van der Waals surface area contributed by atoms with Crippen molar-refractivity contribution in [2.24, 2.45) is 5.92 Å². The molecule has 1 fully saturated rings. The number of para-hydroxylation sites is 2. The lowest BCUT2D eigenvalue weighted by Gasteiger charge is -2.15. The van der Waals surface area contributed by atoms with Gasteiger partial charge in [-0.15, -0.1) is 0 Å². The average Bonchev–Trinajstić information content (AvgIpc) is 3.13. The summed E-state index contributed by atoms with van der Waals surface area (Å²) in [6.07, 6.45) is 2.67. The molecule has 0 saturated carbocycles. The Labute approximate surface area is 183 Å². The lowest BCUT2D eigenvalue weighted by molar-refractivity contribution is -0.122. The summed E-state index contributed by atoms with van der Waals surface area (Å²) in [6.45, 7) is 3.20. The third-order valence-corrected chi connectivity index (χ3v) is 5.49. The molecule has 1 aliphatic rings. The van der Waals surface area contributed by atoms with E-state index in [0.717, 1.165) is 67.8 Å². The number of pyridine rings is 1. The molecule has 1 aromatic heterocycles. The number of carbonyl (C=O) groups is 1. The van der Waals surface area contributed by atoms with E-state index in [4.69, 9.17) is 19.6 Å². The first-order chi connectivity index (χ1) is 15.2. The Kier molecular flexibility index (Phi) is 8.82. The molecule has 3 aromatic rings. The number of hydrogen-bond acceptors (Lipinski definition) is 5. The highest BCUT2D eigenvalue weighted by Gasteiger charge is 2.31. The summed E-state index contributed by atoms with van der Waals surface area (Å²) in [4.78, 5) is 15.5. The van der Waals surface area contributed by atoms with Crippen molar-refractivity contribution >= 4 is 17.4 Å². The second-order valence-corrected chi connectivity index (χ2v) is 7.76. The van der Waals surface area contributed by atoms with Crippen molar-refractivity contribution < 1.29 is 19.7 Å². The smallest absolute Gasteiger partial charge is 0.290 e. The number of likely N-dealkylation sites (tertiary alicyclic amines) is 1. The molecule has 0 unspecified atom stereocenters. The lowest BCUT2D eigenvalue weighted by atomic mass is 9.99. The highest BCUT2D eigenvalue weighted by atomic mass is 16.5. The van der Waals surface area contributed by atoms with Crippen LogP contribution in [0.4, 0.5) is 0 Å². The summed E-state index contributed by atoms with van der Waals surface area (Å²) in [5, 5.41) is 18.5. The van der Waals surface area contributed by atoms with Crippen molar-refractivity contribution in [2.45, 2.75) is 25.4 Å². The van der Waals surface area contributed by atoms with E-state index >= 15 is 0 Å². The minimum atomic E-state index is -0.270. The zero-order chi connectivity index (χ0) is 21.9. The van der Waals surface area contributed by atoms with E-state index in [-0.39, 0.29) is 18.5 Å². The van der Waals surface area contributed by atoms with E-state index in [1.54, 1.807) is 0 Å². The number of aromatic nitrogens is 1. The molecule has 1 aliphatic heterocycles. The van der Waals surface area contributed by atoms with Crippen molar-refractivity contribution in [2.75, 3.05) is 26.2 Å². The Morgan fingerprint density at radius 3 is 2.55 bits per heavy atom. The fourth-order valence-corrected chi connectivity index (χ4v) is 3.96. The third kappa shape index (κ3) is 7.05. The molecule has 2 N–H and O–H groups in total. The van der Waals surface area contributed by atoms with Gasteiger partial charge in [0.25, 0.3) is 6.47 Å². The van der Waals surface area contributed by atoms with Crippen LogP contribution in [0.5, 0.6) is 5.75 Å². The number of ether oxygens (including phenoxy) is 1. The number of aliphatic hydroxyl groups excluding tert-OH is 1. The van der Waals surface area contributed by atoms with E-state index in [2.05, 4.69) is 23.1 Å². The van der Waals surface area contributed by atoms with E-state index in [1.807, 2.05) is 48.5 Å². The molecule has 1 saturated heterocycles. The number of benzene rings is 2. The van der Waals surface area contributed by atoms with Crippen molar-refractivity contribution in [1.82, 2.24) is 9.88 Å². The average molecular weight is 423 g/mol. The summed E-state index contributed by atoms with van der Waals surface area (Å²) < 4.78 is 5.75. The molecule has 2 aromatic carbocycles. The van der Waals surface area contributed by atoms with E-state index in [1.165, 1.54) is 0 Å². The normalized spacial score (nSPS) is 18.4. The highest BCUT2D eigenvalue weighted by molar-refractivity contribution is 5.78. The molecular formula is C25H30N2O4. The maximum atomic E-state index is 10.5. The van der Waals surface area contributed by atoms with E-state index in [9.17, 15) is 5.11 Å². The van der Waals surface area contributed by atoms with Crippen molar-refractivity contribution in [3.05, 3.63) is 72.4 Å². The van der Waals surface area contributed by atoms with Gasteiger partial charge < -0.3 is 19.8 Å². The molecule has 0 aliphatic carbocycles. The Hall–Kier alpha value is -2.96. The lowest BCUT2D eigenvalue weighted by Crippen LogP contribution is -2.23. The van der Waals surface area contributed by atoms with Crippen molar-refractivity contribution in [3.63, 3.8) is 0 Å². The molecular weight excluding hydrogens is 392 g/mol. The molecule has 4 rings (SSSR count). The fourth-order valence-electron chi connectivity index (χ4n) is 3.96. The van der Waals surface area contributed by atoms with Crippen LogP contribution in [0.15, 0.2) is 66.7 Å². The molecule has 0 bridgehead atoms. The number of fused-ring (bicyclic) bond motifs is 1. The first-order valence-electron chi connectivity index (χ1n) is 10.7. The Morgan fingerprint density at radius 2 is 1.74 bits per heavy atom. The van der Waals surface area contributed by atoms with E-state index in [0.29, 0.717) is 0 Å². The molecule has 0 amide bonds. The first-order valence-corrected chi connectivity index (χ1v) is 10.7. The Morgan fingerprint density at radius 1 is 1.00 bits per heavy atom. The number of aliphatic hydroxyl groups is 1. The summed E-state index contributed by atoms with van der Waals surface area (Å²) in [5.74, 6) is 1.19. The zero-order valence-electron chi connectivity index (χ0n) is 17.6. The van der Waals surface area contributed by atoms with Gasteiger partial charge in [-0.2, -0.15) is 0 Å². The number of carboxylic acid groups (broad SMARTS) is 1. The second-order valence-electron chi connectivity index (χ2n) is 7.76. The molecule has 0 radical (unpaired) electrons. The molecule has 164 valence electrons. The predicted octanol–water partition coefficient (Wildman–Crippen LogP) is 3.63. The van der Waals surface area contributed by atoms with Gasteiger partial charge in [0.15, 0.2) is 0 Å². The zero-order valence-corrected chi connectivity index (χ0v) is 17.6. The largest absolute Gasteiger partial charge is 0.494 e. The maximum Gasteiger partial charge on any atom is 0.290 e. The van der Waals surface area contributed by atoms with Crippen LogP contribution in [-0.2, 0) is 11.2 Å². The molecule has 6 nitrogen and oxygen atoms in total. The number of rotatable bonds is 8. The van der Waals surface area contributed by atoms with Gasteiger partial charge in [0.1, 0.15) is 5.75 Å². The monoisotopic (exact) mass is 422 g/mol. The standard InChI is InChI=1S/C24H28N2O2.CH2O2/c27-24-18-26(14-6-7-15-28-22-9-2-1-3-10-22)17-20(24)16-21-13-12-19-8-4-5-11-23(19)25-21;2-1-3/h1-5,8-13,20,24,27H,6-7,14-18H2;1H,(H,2,3)/t20-,24-;/m1./s1. The van der Waals surface area contributed by atoms with Crippen molar-refractivity contribution in [1.29, 1.82) is 0 Å². The van der Waals surface area contributed by atoms with Crippen LogP contribution in [-0.4, -0.2) is 58.9 Å². The van der Waals surface area contributed by atoms with Crippen LogP contribution in [0.1, 0.15) is 18.5 Å². The molecule has 2 heterocycles. The van der Waals surface area contributed by atoms with Gasteiger partial charge in [-0.25, -0.2) is 0 Å². The van der Waals surface area contributed by atoms with Gasteiger partial charge in [0.05, 0.1) is 18.2 Å². The number of β-amino-alcohol motifs (C(OH)–C–C–N with tert-alkyl or cyclic N) is 1. The fraction of sp³-hybridized carbons (Fsp3) is 0.360. The minimum Gasteiger partial charge on any atom is -0.494 e. The summed E-state index contributed by atoms with van der Waals surface area (Å²) >= 11 is 0. The summed E-state index contributed by atoms with van der Waals surface area (Å²) in [7, 11) is 0. The Balaban J connectivity index is 0.000000858. The van der Waals surface area contributed by atoms with Crippen molar-refractivity contribution in [3.8, 4) is 5.75 Å². The van der Waals surface area contributed by atoms with Crippen LogP contribution in [0, 0.1) is 5.92 Å². The van der Waals surface area contributed by atoms with Gasteiger partial charge in [-0.3, -0.25) is 9.78 Å². The summed E-state index contributed by atoms with van der Waals surface area (Å²) in [6, 6.07) is 22.4. The van der Waals surface area contributed by atoms with Gasteiger partial charge in [0.2, 0.25) is 0 Å². The third-order valence-electron chi connectivity index (χ3n) is 5.49. The van der Waals surface area contributed by atoms with Crippen LogP contribution in [0.25, 0.3) is 10.9 Å². The van der Waals surface area contributed by atoms with Gasteiger partial charge in [0, 0.05) is 30.1 Å². The number of unbranched alkanes of at least 4 members (excludes halogenated alkanes) is 1. The SMILES string of the molecule is O=CO.O[C@@H]1CN(CCCCOc2ccccc2)C[C@H]1Cc1ccc2ccccc2n1. The predicted molar refractivity (Wildman–Crippen MR) is 121 cm³/mol. The highest BCUT2D eigenvalue weighted by Crippen LogP contribution is 2.22. The topological polar surface area (TPSA) is 82.9 Å². The van der Waals surface area contributed by atoms with Gasteiger partial charge in [-0.05, 0) is 50.1 Å². The maximum absolute atomic E-state index is 10.5. The van der Waals surface area contributed by atoms with Crippen LogP contribution in [0.3, 0.4) is 0 Å². The molecule has 0 spiro atoms. The van der Waals surface area contributed by atoms with E-state index < -0.39 is 0 Å². The number of nitrogens with zero attached hydrogens (tertiary/aromatic N) is 2. The minimum absolute atomic E-state index is 0.250. The molecule has 31 heavy (non-hydrogen) atoms. The Bertz CT molecular complexity index is 935. The van der Waals surface area contributed by atoms with Crippen LogP contribution in [0.2, 0.25) is 0 Å². The van der Waals surface area contributed by atoms with Crippen LogP contribution >= 0.6 is 0 Å². The summed E-state index contributed by atoms with van der Waals surface area (Å²) in [5.41, 5.74) is 2.10. The van der Waals surface area contributed by atoms with Gasteiger partial charge >= 0.3 is 0 Å².